The van der Waals surface area contributed by atoms with Crippen LogP contribution in [0.1, 0.15) is 18.9 Å². The van der Waals surface area contributed by atoms with Gasteiger partial charge in [-0.3, -0.25) is 4.79 Å². The summed E-state index contributed by atoms with van der Waals surface area (Å²) in [5, 5.41) is 3.63. The number of hydrogen-bond acceptors (Lipinski definition) is 3. The second kappa shape index (κ2) is 7.16. The van der Waals surface area contributed by atoms with Gasteiger partial charge in [-0.05, 0) is 30.7 Å². The number of carbonyl (C=O) groups excluding carboxylic acids is 1. The zero-order chi connectivity index (χ0) is 14.5. The molecule has 20 heavy (non-hydrogen) atoms. The van der Waals surface area contributed by atoms with E-state index in [1.807, 2.05) is 0 Å². The molecular formula is C15H19ClFNO2. The highest BCUT2D eigenvalue weighted by Gasteiger charge is 2.33. The number of rotatable bonds is 6. The van der Waals surface area contributed by atoms with E-state index >= 15 is 0 Å². The molecule has 0 saturated carbocycles. The normalized spacial score (nSPS) is 22.1. The summed E-state index contributed by atoms with van der Waals surface area (Å²) >= 11 is 5.96. The lowest BCUT2D eigenvalue weighted by Gasteiger charge is -2.18. The van der Waals surface area contributed by atoms with Crippen molar-refractivity contribution in [2.75, 3.05) is 19.8 Å². The molecule has 0 aromatic heterocycles. The van der Waals surface area contributed by atoms with Crippen LogP contribution in [-0.2, 0) is 16.0 Å². The molecule has 1 aromatic carbocycles. The first kappa shape index (κ1) is 15.4. The Morgan fingerprint density at radius 2 is 2.30 bits per heavy atom. The van der Waals surface area contributed by atoms with E-state index in [0.29, 0.717) is 23.8 Å². The van der Waals surface area contributed by atoms with E-state index in [9.17, 15) is 9.18 Å². The lowest BCUT2D eigenvalue weighted by atomic mass is 9.93. The van der Waals surface area contributed by atoms with E-state index in [1.54, 1.807) is 6.07 Å². The van der Waals surface area contributed by atoms with E-state index in [-0.39, 0.29) is 24.2 Å². The first-order chi connectivity index (χ1) is 9.61. The van der Waals surface area contributed by atoms with Crippen LogP contribution in [0.25, 0.3) is 0 Å². The molecule has 2 rings (SSSR count). The van der Waals surface area contributed by atoms with Gasteiger partial charge in [-0.2, -0.15) is 0 Å². The maximum absolute atomic E-state index is 13.0. The fourth-order valence-corrected chi connectivity index (χ4v) is 2.62. The fourth-order valence-electron chi connectivity index (χ4n) is 2.39. The Hall–Kier alpha value is -0.970. The van der Waals surface area contributed by atoms with E-state index in [2.05, 4.69) is 12.2 Å². The highest BCUT2D eigenvalue weighted by molar-refractivity contribution is 6.31. The fraction of sp³-hybridized carbons (Fsp3) is 0.533. The first-order valence-corrected chi connectivity index (χ1v) is 7.27. The molecule has 1 aliphatic rings. The van der Waals surface area contributed by atoms with E-state index < -0.39 is 5.82 Å². The topological polar surface area (TPSA) is 38.3 Å². The molecule has 1 fully saturated rings. The first-order valence-electron chi connectivity index (χ1n) is 6.89. The smallest absolute Gasteiger partial charge is 0.144 e. The molecule has 3 nitrogen and oxygen atoms in total. The minimum atomic E-state index is -0.391. The quantitative estimate of drug-likeness (QED) is 0.877. The maximum atomic E-state index is 13.0. The maximum Gasteiger partial charge on any atom is 0.144 e. The van der Waals surface area contributed by atoms with Crippen molar-refractivity contribution in [3.05, 3.63) is 34.6 Å². The Labute approximate surface area is 123 Å². The standard InChI is InChI=1S/C15H19ClFNO2/c1-2-5-18-14-9-20-8-12(14)15(19)6-10-3-4-11(17)7-13(10)16/h3-4,7,12,14,18H,2,5-6,8-9H2,1H3. The number of Topliss-reactive ketones (excluding diaryl/α,β-unsaturated/α-hetero) is 1. The molecule has 0 radical (unpaired) electrons. The molecule has 2 unspecified atom stereocenters. The molecule has 0 spiro atoms. The number of ether oxygens (including phenoxy) is 1. The van der Waals surface area contributed by atoms with Crippen LogP contribution in [0, 0.1) is 11.7 Å². The SMILES string of the molecule is CCCNC1COCC1C(=O)Cc1ccc(F)cc1Cl. The molecular weight excluding hydrogens is 281 g/mol. The van der Waals surface area contributed by atoms with E-state index in [1.165, 1.54) is 12.1 Å². The summed E-state index contributed by atoms with van der Waals surface area (Å²) in [5.74, 6) is -0.454. The molecule has 110 valence electrons. The Kier molecular flexibility index (Phi) is 5.52. The average Bonchev–Trinajstić information content (AvgIpc) is 2.88. The van der Waals surface area contributed by atoms with Gasteiger partial charge in [-0.25, -0.2) is 4.39 Å². The summed E-state index contributed by atoms with van der Waals surface area (Å²) in [5.41, 5.74) is 0.666. The highest BCUT2D eigenvalue weighted by atomic mass is 35.5. The summed E-state index contributed by atoms with van der Waals surface area (Å²) in [6, 6.07) is 4.20. The predicted molar refractivity (Wildman–Crippen MR) is 76.5 cm³/mol. The zero-order valence-electron chi connectivity index (χ0n) is 11.5. The van der Waals surface area contributed by atoms with Crippen molar-refractivity contribution in [2.24, 2.45) is 5.92 Å². The minimum Gasteiger partial charge on any atom is -0.379 e. The lowest BCUT2D eigenvalue weighted by Crippen LogP contribution is -2.40. The van der Waals surface area contributed by atoms with Crippen molar-refractivity contribution in [2.45, 2.75) is 25.8 Å². The predicted octanol–water partition coefficient (Wildman–Crippen LogP) is 2.61. The Morgan fingerprint density at radius 3 is 3.00 bits per heavy atom. The zero-order valence-corrected chi connectivity index (χ0v) is 12.3. The van der Waals surface area contributed by atoms with Gasteiger partial charge in [0.15, 0.2) is 0 Å². The van der Waals surface area contributed by atoms with Gasteiger partial charge in [-0.15, -0.1) is 0 Å². The van der Waals surface area contributed by atoms with Crippen molar-refractivity contribution in [3.63, 3.8) is 0 Å². The van der Waals surface area contributed by atoms with Crippen molar-refractivity contribution in [1.82, 2.24) is 5.32 Å². The van der Waals surface area contributed by atoms with Crippen LogP contribution in [0.2, 0.25) is 5.02 Å². The lowest BCUT2D eigenvalue weighted by molar-refractivity contribution is -0.122. The number of nitrogens with one attached hydrogen (secondary N) is 1. The van der Waals surface area contributed by atoms with Crippen LogP contribution in [0.5, 0.6) is 0 Å². The average molecular weight is 300 g/mol. The molecule has 1 N–H and O–H groups in total. The molecule has 2 atom stereocenters. The van der Waals surface area contributed by atoms with Crippen LogP contribution in [0.15, 0.2) is 18.2 Å². The number of benzene rings is 1. The number of hydrogen-bond donors (Lipinski definition) is 1. The summed E-state index contributed by atoms with van der Waals surface area (Å²) in [7, 11) is 0. The number of ketones is 1. The minimum absolute atomic E-state index is 0.0710. The summed E-state index contributed by atoms with van der Waals surface area (Å²) in [6.07, 6.45) is 1.23. The monoisotopic (exact) mass is 299 g/mol. The molecule has 1 aliphatic heterocycles. The highest BCUT2D eigenvalue weighted by Crippen LogP contribution is 2.22. The molecule has 0 amide bonds. The second-order valence-electron chi connectivity index (χ2n) is 5.08. The van der Waals surface area contributed by atoms with Gasteiger partial charge >= 0.3 is 0 Å². The largest absolute Gasteiger partial charge is 0.379 e. The number of carbonyl (C=O) groups is 1. The molecule has 1 heterocycles. The Morgan fingerprint density at radius 1 is 1.50 bits per heavy atom. The van der Waals surface area contributed by atoms with Crippen molar-refractivity contribution in [1.29, 1.82) is 0 Å². The van der Waals surface area contributed by atoms with Gasteiger partial charge in [0.2, 0.25) is 0 Å². The molecule has 1 aromatic rings. The third-order valence-electron chi connectivity index (χ3n) is 3.53. The van der Waals surface area contributed by atoms with Crippen LogP contribution in [0.4, 0.5) is 4.39 Å². The van der Waals surface area contributed by atoms with Crippen LogP contribution in [0.3, 0.4) is 0 Å². The van der Waals surface area contributed by atoms with Crippen molar-refractivity contribution < 1.29 is 13.9 Å². The molecule has 0 bridgehead atoms. The summed E-state index contributed by atoms with van der Waals surface area (Å²) in [6.45, 7) is 3.96. The van der Waals surface area contributed by atoms with Crippen molar-refractivity contribution in [3.8, 4) is 0 Å². The summed E-state index contributed by atoms with van der Waals surface area (Å²) in [4.78, 5) is 12.4. The van der Waals surface area contributed by atoms with Gasteiger partial charge in [-0.1, -0.05) is 24.6 Å². The second-order valence-corrected chi connectivity index (χ2v) is 5.49. The van der Waals surface area contributed by atoms with Gasteiger partial charge in [0, 0.05) is 17.5 Å². The summed E-state index contributed by atoms with van der Waals surface area (Å²) < 4.78 is 18.4. The Balaban J connectivity index is 2.00. The van der Waals surface area contributed by atoms with Crippen LogP contribution in [-0.4, -0.2) is 31.6 Å². The van der Waals surface area contributed by atoms with E-state index in [4.69, 9.17) is 16.3 Å². The van der Waals surface area contributed by atoms with Gasteiger partial charge in [0.1, 0.15) is 11.6 Å². The molecule has 1 saturated heterocycles. The third-order valence-corrected chi connectivity index (χ3v) is 3.88. The molecule has 0 aliphatic carbocycles. The van der Waals surface area contributed by atoms with Crippen LogP contribution < -0.4 is 5.32 Å². The molecule has 5 heteroatoms. The number of halogens is 2. The van der Waals surface area contributed by atoms with Crippen LogP contribution >= 0.6 is 11.6 Å². The van der Waals surface area contributed by atoms with Crippen molar-refractivity contribution >= 4 is 17.4 Å². The van der Waals surface area contributed by atoms with Gasteiger partial charge < -0.3 is 10.1 Å². The Bertz CT molecular complexity index is 481. The van der Waals surface area contributed by atoms with E-state index in [0.717, 1.165) is 13.0 Å². The third kappa shape index (κ3) is 3.78. The van der Waals surface area contributed by atoms with Gasteiger partial charge in [0.05, 0.1) is 19.1 Å². The van der Waals surface area contributed by atoms with Gasteiger partial charge in [0.25, 0.3) is 0 Å².